The Kier molecular flexibility index (Phi) is 5.29. The molecule has 1 heterocycles. The van der Waals surface area contributed by atoms with Crippen LogP contribution in [0, 0.1) is 0 Å². The van der Waals surface area contributed by atoms with Crippen molar-refractivity contribution < 1.29 is 9.90 Å². The highest BCUT2D eigenvalue weighted by atomic mass is 35.5. The van der Waals surface area contributed by atoms with Gasteiger partial charge in [0, 0.05) is 18.4 Å². The Labute approximate surface area is 116 Å². The monoisotopic (exact) mass is 279 g/mol. The molecule has 1 amide bonds. The molecule has 1 aromatic carbocycles. The maximum atomic E-state index is 11.9. The van der Waals surface area contributed by atoms with E-state index < -0.39 is 5.91 Å². The first-order chi connectivity index (χ1) is 8.70. The molecule has 0 aliphatic heterocycles. The van der Waals surface area contributed by atoms with E-state index in [0.29, 0.717) is 12.2 Å². The zero-order valence-corrected chi connectivity index (χ0v) is 10.9. The fourth-order valence-corrected chi connectivity index (χ4v) is 1.54. The Morgan fingerprint density at radius 1 is 1.32 bits per heavy atom. The van der Waals surface area contributed by atoms with Gasteiger partial charge < -0.3 is 16.2 Å². The third-order valence-corrected chi connectivity index (χ3v) is 2.42. The van der Waals surface area contributed by atoms with Crippen LogP contribution in [0.1, 0.15) is 16.1 Å². The summed E-state index contributed by atoms with van der Waals surface area (Å²) in [6.45, 7) is 0.401. The number of nitrogens with zero attached hydrogens (tertiary/aromatic N) is 1. The van der Waals surface area contributed by atoms with Crippen LogP contribution in [-0.2, 0) is 6.54 Å². The number of anilines is 1. The average Bonchev–Trinajstić information content (AvgIpc) is 2.39. The summed E-state index contributed by atoms with van der Waals surface area (Å²) in [5.41, 5.74) is 7.05. The number of nitrogens with two attached hydrogens (primary N) is 1. The van der Waals surface area contributed by atoms with Gasteiger partial charge in [-0.15, -0.1) is 12.4 Å². The molecular formula is C13H14ClN3O2. The third-order valence-electron chi connectivity index (χ3n) is 2.42. The average molecular weight is 280 g/mol. The van der Waals surface area contributed by atoms with Gasteiger partial charge in [0.25, 0.3) is 5.91 Å². The van der Waals surface area contributed by atoms with Gasteiger partial charge in [-0.2, -0.15) is 0 Å². The highest BCUT2D eigenvalue weighted by Crippen LogP contribution is 2.16. The summed E-state index contributed by atoms with van der Waals surface area (Å²) < 4.78 is 0. The quantitative estimate of drug-likeness (QED) is 0.801. The Bertz CT molecular complexity index is 575. The second-order valence-corrected chi connectivity index (χ2v) is 3.73. The minimum absolute atomic E-state index is 0. The lowest BCUT2D eigenvalue weighted by atomic mass is 10.2. The van der Waals surface area contributed by atoms with Crippen LogP contribution in [0.5, 0.6) is 5.75 Å². The molecule has 100 valence electrons. The smallest absolute Gasteiger partial charge is 0.278 e. The van der Waals surface area contributed by atoms with Gasteiger partial charge in [0.1, 0.15) is 5.75 Å². The number of halogens is 1. The summed E-state index contributed by atoms with van der Waals surface area (Å²) in [5, 5.41) is 12.2. The molecule has 19 heavy (non-hydrogen) atoms. The molecule has 0 aliphatic carbocycles. The Morgan fingerprint density at radius 3 is 2.79 bits per heavy atom. The first kappa shape index (κ1) is 14.9. The Morgan fingerprint density at radius 2 is 2.11 bits per heavy atom. The number of carbonyl (C=O) groups is 1. The van der Waals surface area contributed by atoms with Gasteiger partial charge in [-0.3, -0.25) is 4.79 Å². The van der Waals surface area contributed by atoms with Crippen molar-refractivity contribution in [3.63, 3.8) is 0 Å². The molecule has 0 saturated carbocycles. The van der Waals surface area contributed by atoms with E-state index in [-0.39, 0.29) is 23.9 Å². The topological polar surface area (TPSA) is 88.2 Å². The van der Waals surface area contributed by atoms with Gasteiger partial charge in [-0.25, -0.2) is 4.98 Å². The van der Waals surface area contributed by atoms with Gasteiger partial charge >= 0.3 is 0 Å². The summed E-state index contributed by atoms with van der Waals surface area (Å²) in [6, 6.07) is 10.2. The van der Waals surface area contributed by atoms with Crippen LogP contribution >= 0.6 is 12.4 Å². The van der Waals surface area contributed by atoms with Crippen LogP contribution in [0.2, 0.25) is 0 Å². The first-order valence-corrected chi connectivity index (χ1v) is 5.45. The summed E-state index contributed by atoms with van der Waals surface area (Å²) in [7, 11) is 0. The van der Waals surface area contributed by atoms with E-state index in [4.69, 9.17) is 5.73 Å². The van der Waals surface area contributed by atoms with Crippen molar-refractivity contribution >= 4 is 24.0 Å². The zero-order chi connectivity index (χ0) is 13.0. The van der Waals surface area contributed by atoms with Crippen LogP contribution in [0.15, 0.2) is 42.6 Å². The van der Waals surface area contributed by atoms with Crippen molar-refractivity contribution in [1.82, 2.24) is 4.98 Å². The normalized spacial score (nSPS) is 9.53. The van der Waals surface area contributed by atoms with E-state index in [1.54, 1.807) is 24.3 Å². The lowest BCUT2D eigenvalue weighted by molar-refractivity contribution is 0.101. The van der Waals surface area contributed by atoms with Crippen molar-refractivity contribution in [2.24, 2.45) is 5.73 Å². The number of carbonyl (C=O) groups excluding carboxylic acids is 1. The molecule has 0 saturated heterocycles. The number of nitrogens with one attached hydrogen (secondary N) is 1. The SMILES string of the molecule is Cl.NCc1cccc(NC(=O)c2ncccc2O)c1. The minimum Gasteiger partial charge on any atom is -0.505 e. The molecule has 2 aromatic rings. The van der Waals surface area contributed by atoms with E-state index in [1.807, 2.05) is 6.07 Å². The second kappa shape index (κ2) is 6.72. The van der Waals surface area contributed by atoms with Crippen LogP contribution in [0.3, 0.4) is 0 Å². The van der Waals surface area contributed by atoms with Crippen LogP contribution < -0.4 is 11.1 Å². The molecule has 0 aliphatic rings. The minimum atomic E-state index is -0.456. The number of amides is 1. The Hall–Kier alpha value is -2.11. The zero-order valence-electron chi connectivity index (χ0n) is 10.0. The first-order valence-electron chi connectivity index (χ1n) is 5.45. The third kappa shape index (κ3) is 3.67. The lowest BCUT2D eigenvalue weighted by Crippen LogP contribution is -2.14. The molecule has 2 rings (SSSR count). The number of hydrogen-bond acceptors (Lipinski definition) is 4. The molecule has 1 aromatic heterocycles. The standard InChI is InChI=1S/C13H13N3O2.ClH/c14-8-9-3-1-4-10(7-9)16-13(18)12-11(17)5-2-6-15-12;/h1-7,17H,8,14H2,(H,16,18);1H. The number of hydrogen-bond donors (Lipinski definition) is 3. The Balaban J connectivity index is 0.00000180. The molecule has 0 atom stereocenters. The largest absolute Gasteiger partial charge is 0.505 e. The van der Waals surface area contributed by atoms with Crippen LogP contribution in [-0.4, -0.2) is 16.0 Å². The summed E-state index contributed by atoms with van der Waals surface area (Å²) in [5.74, 6) is -0.604. The van der Waals surface area contributed by atoms with E-state index in [1.165, 1.54) is 12.3 Å². The highest BCUT2D eigenvalue weighted by Gasteiger charge is 2.12. The maximum absolute atomic E-state index is 11.9. The molecule has 5 nitrogen and oxygen atoms in total. The molecule has 0 radical (unpaired) electrons. The number of rotatable bonds is 3. The van der Waals surface area contributed by atoms with Gasteiger partial charge in [0.15, 0.2) is 5.69 Å². The number of aromatic hydroxyl groups is 1. The fraction of sp³-hybridized carbons (Fsp3) is 0.0769. The van der Waals surface area contributed by atoms with Crippen molar-refractivity contribution in [2.45, 2.75) is 6.54 Å². The highest BCUT2D eigenvalue weighted by molar-refractivity contribution is 6.04. The molecule has 0 fully saturated rings. The van der Waals surface area contributed by atoms with Crippen LogP contribution in [0.4, 0.5) is 5.69 Å². The predicted octanol–water partition coefficient (Wildman–Crippen LogP) is 1.92. The van der Waals surface area contributed by atoms with Gasteiger partial charge in [-0.1, -0.05) is 12.1 Å². The predicted molar refractivity (Wildman–Crippen MR) is 75.4 cm³/mol. The molecule has 4 N–H and O–H groups in total. The summed E-state index contributed by atoms with van der Waals surface area (Å²) in [4.78, 5) is 15.7. The van der Waals surface area contributed by atoms with Crippen LogP contribution in [0.25, 0.3) is 0 Å². The van der Waals surface area contributed by atoms with E-state index in [0.717, 1.165) is 5.56 Å². The van der Waals surface area contributed by atoms with Gasteiger partial charge in [0.05, 0.1) is 0 Å². The number of pyridine rings is 1. The van der Waals surface area contributed by atoms with Crippen molar-refractivity contribution in [3.05, 3.63) is 53.9 Å². The van der Waals surface area contributed by atoms with E-state index >= 15 is 0 Å². The van der Waals surface area contributed by atoms with Gasteiger partial charge in [-0.05, 0) is 29.8 Å². The van der Waals surface area contributed by atoms with E-state index in [9.17, 15) is 9.90 Å². The molecule has 6 heteroatoms. The van der Waals surface area contributed by atoms with Gasteiger partial charge in [0.2, 0.25) is 0 Å². The second-order valence-electron chi connectivity index (χ2n) is 3.73. The molecular weight excluding hydrogens is 266 g/mol. The molecule has 0 spiro atoms. The number of benzene rings is 1. The fourth-order valence-electron chi connectivity index (χ4n) is 1.54. The molecule has 0 unspecified atom stereocenters. The molecule has 0 bridgehead atoms. The van der Waals surface area contributed by atoms with Crippen molar-refractivity contribution in [2.75, 3.05) is 5.32 Å². The summed E-state index contributed by atoms with van der Waals surface area (Å²) in [6.07, 6.45) is 1.45. The number of aromatic nitrogens is 1. The van der Waals surface area contributed by atoms with E-state index in [2.05, 4.69) is 10.3 Å². The summed E-state index contributed by atoms with van der Waals surface area (Å²) >= 11 is 0. The van der Waals surface area contributed by atoms with Crippen molar-refractivity contribution in [1.29, 1.82) is 0 Å². The van der Waals surface area contributed by atoms with Crippen molar-refractivity contribution in [3.8, 4) is 5.75 Å². The lowest BCUT2D eigenvalue weighted by Gasteiger charge is -2.07. The maximum Gasteiger partial charge on any atom is 0.278 e.